The molecule has 1 N–H and O–H groups in total. The van der Waals surface area contributed by atoms with Gasteiger partial charge in [0.25, 0.3) is 0 Å². The Hall–Kier alpha value is -2.16. The number of aliphatic hydroxyl groups is 1. The van der Waals surface area contributed by atoms with Gasteiger partial charge >= 0.3 is 0 Å². The van der Waals surface area contributed by atoms with Gasteiger partial charge in [-0.1, -0.05) is 84.3 Å². The average molecular weight is 470 g/mol. The molecular formula is C33H43NO. The smallest absolute Gasteiger partial charge is 0.0611 e. The quantitative estimate of drug-likeness (QED) is 0.398. The first-order valence-electron chi connectivity index (χ1n) is 14.0. The third-order valence-electron chi connectivity index (χ3n) is 8.57. The van der Waals surface area contributed by atoms with Gasteiger partial charge in [-0.15, -0.1) is 0 Å². The highest BCUT2D eigenvalue weighted by atomic mass is 16.3. The predicted molar refractivity (Wildman–Crippen MR) is 146 cm³/mol. The van der Waals surface area contributed by atoms with Crippen molar-refractivity contribution >= 4 is 0 Å². The van der Waals surface area contributed by atoms with Crippen molar-refractivity contribution in [2.75, 3.05) is 13.1 Å². The fraction of sp³-hybridized carbons (Fsp3) is 0.515. The number of nitrogens with zero attached hydrogens (tertiary/aromatic N) is 1. The van der Waals surface area contributed by atoms with Crippen molar-refractivity contribution < 1.29 is 5.11 Å². The summed E-state index contributed by atoms with van der Waals surface area (Å²) in [6.07, 6.45) is 17.7. The summed E-state index contributed by atoms with van der Waals surface area (Å²) in [6.45, 7) is 5.78. The van der Waals surface area contributed by atoms with E-state index in [4.69, 9.17) is 0 Å². The van der Waals surface area contributed by atoms with Crippen LogP contribution in [0.15, 0.2) is 72.3 Å². The molecule has 0 bridgehead atoms. The van der Waals surface area contributed by atoms with Gasteiger partial charge in [0.2, 0.25) is 0 Å². The van der Waals surface area contributed by atoms with Crippen LogP contribution < -0.4 is 0 Å². The second-order valence-corrected chi connectivity index (χ2v) is 11.3. The number of aliphatic hydroxyl groups excluding tert-OH is 1. The Bertz CT molecular complexity index is 1030. The largest absolute Gasteiger partial charge is 0.392 e. The monoisotopic (exact) mass is 469 g/mol. The molecule has 0 aromatic heterocycles. The third-order valence-corrected chi connectivity index (χ3v) is 8.57. The molecule has 2 aromatic rings. The van der Waals surface area contributed by atoms with E-state index in [1.54, 1.807) is 5.57 Å². The minimum absolute atomic E-state index is 0.176. The molecule has 2 nitrogen and oxygen atoms in total. The highest BCUT2D eigenvalue weighted by molar-refractivity contribution is 5.27. The second-order valence-electron chi connectivity index (χ2n) is 11.3. The fourth-order valence-corrected chi connectivity index (χ4v) is 6.73. The van der Waals surface area contributed by atoms with Gasteiger partial charge in [0.05, 0.1) is 6.10 Å². The Morgan fingerprint density at radius 1 is 0.914 bits per heavy atom. The first kappa shape index (κ1) is 24.5. The van der Waals surface area contributed by atoms with Gasteiger partial charge in [-0.05, 0) is 99.9 Å². The summed E-state index contributed by atoms with van der Waals surface area (Å²) in [7, 11) is 0. The number of hydrogen-bond donors (Lipinski definition) is 1. The summed E-state index contributed by atoms with van der Waals surface area (Å²) in [5, 5.41) is 10.7. The topological polar surface area (TPSA) is 23.5 Å². The normalized spacial score (nSPS) is 26.9. The van der Waals surface area contributed by atoms with E-state index in [1.807, 2.05) is 0 Å². The summed E-state index contributed by atoms with van der Waals surface area (Å²) < 4.78 is 0. The number of rotatable bonds is 9. The van der Waals surface area contributed by atoms with Crippen LogP contribution >= 0.6 is 0 Å². The van der Waals surface area contributed by atoms with E-state index in [0.29, 0.717) is 17.8 Å². The zero-order valence-corrected chi connectivity index (χ0v) is 21.5. The number of allylic oxidation sites excluding steroid dienone is 3. The van der Waals surface area contributed by atoms with Crippen LogP contribution in [-0.2, 0) is 19.4 Å². The number of likely N-dealkylation sites (tertiary alicyclic amines) is 1. The molecule has 0 radical (unpaired) electrons. The zero-order valence-electron chi connectivity index (χ0n) is 21.5. The molecule has 2 fully saturated rings. The molecule has 1 saturated heterocycles. The molecule has 35 heavy (non-hydrogen) atoms. The van der Waals surface area contributed by atoms with E-state index in [0.717, 1.165) is 32.2 Å². The number of aryl methyl sites for hydroxylation is 3. The number of fused-ring (bicyclic) bond motifs is 1. The van der Waals surface area contributed by atoms with Crippen molar-refractivity contribution in [3.05, 3.63) is 94.6 Å². The molecule has 1 saturated carbocycles. The predicted octanol–water partition coefficient (Wildman–Crippen LogP) is 7.05. The lowest BCUT2D eigenvalue weighted by Crippen LogP contribution is -2.29. The fourth-order valence-electron chi connectivity index (χ4n) is 6.73. The van der Waals surface area contributed by atoms with Crippen molar-refractivity contribution in [2.45, 2.75) is 77.4 Å². The molecule has 0 spiro atoms. The SMILES string of the molecule is Cc1cccc(CCC=C[C@@H]2[C@H]3CC(CCc4cccc(CN5CCCCC5)c4)=C[C@H]3C[C@H]2O)c1. The minimum Gasteiger partial charge on any atom is -0.392 e. The Balaban J connectivity index is 1.10. The van der Waals surface area contributed by atoms with Crippen LogP contribution in [0.4, 0.5) is 0 Å². The molecule has 3 aliphatic rings. The molecule has 1 aliphatic heterocycles. The molecule has 0 unspecified atom stereocenters. The summed E-state index contributed by atoms with van der Waals surface area (Å²) in [4.78, 5) is 2.61. The lowest BCUT2D eigenvalue weighted by Gasteiger charge is -2.26. The maximum absolute atomic E-state index is 10.7. The zero-order chi connectivity index (χ0) is 24.0. The molecule has 0 amide bonds. The van der Waals surface area contributed by atoms with Gasteiger partial charge in [-0.3, -0.25) is 4.90 Å². The first-order chi connectivity index (χ1) is 17.1. The Labute approximate surface area is 212 Å². The van der Waals surface area contributed by atoms with E-state index >= 15 is 0 Å². The molecule has 2 heteroatoms. The van der Waals surface area contributed by atoms with Crippen molar-refractivity contribution in [2.24, 2.45) is 17.8 Å². The molecule has 186 valence electrons. The summed E-state index contributed by atoms with van der Waals surface area (Å²) in [5.74, 6) is 1.48. The Kier molecular flexibility index (Phi) is 8.21. The molecular weight excluding hydrogens is 426 g/mol. The number of piperidine rings is 1. The Morgan fingerprint density at radius 2 is 1.69 bits per heavy atom. The maximum Gasteiger partial charge on any atom is 0.0611 e. The average Bonchev–Trinajstić information content (AvgIpc) is 3.38. The minimum atomic E-state index is -0.176. The van der Waals surface area contributed by atoms with Gasteiger partial charge in [0, 0.05) is 12.5 Å². The van der Waals surface area contributed by atoms with Crippen LogP contribution in [0.3, 0.4) is 0 Å². The number of benzene rings is 2. The van der Waals surface area contributed by atoms with Gasteiger partial charge in [0.1, 0.15) is 0 Å². The van der Waals surface area contributed by atoms with Gasteiger partial charge < -0.3 is 5.11 Å². The third kappa shape index (κ3) is 6.54. The summed E-state index contributed by atoms with van der Waals surface area (Å²) in [6, 6.07) is 18.1. The van der Waals surface area contributed by atoms with Crippen molar-refractivity contribution in [3.8, 4) is 0 Å². The van der Waals surface area contributed by atoms with Crippen molar-refractivity contribution in [1.29, 1.82) is 0 Å². The van der Waals surface area contributed by atoms with Crippen LogP contribution in [0, 0.1) is 24.7 Å². The van der Waals surface area contributed by atoms with Gasteiger partial charge in [-0.25, -0.2) is 0 Å². The van der Waals surface area contributed by atoms with Gasteiger partial charge in [0.15, 0.2) is 0 Å². The van der Waals surface area contributed by atoms with Crippen molar-refractivity contribution in [3.63, 3.8) is 0 Å². The van der Waals surface area contributed by atoms with Crippen LogP contribution in [0.5, 0.6) is 0 Å². The molecule has 2 aromatic carbocycles. The molecule has 2 aliphatic carbocycles. The van der Waals surface area contributed by atoms with Crippen LogP contribution in [0.2, 0.25) is 0 Å². The molecule has 5 rings (SSSR count). The van der Waals surface area contributed by atoms with E-state index in [1.165, 1.54) is 67.4 Å². The summed E-state index contributed by atoms with van der Waals surface area (Å²) in [5.41, 5.74) is 7.31. The van der Waals surface area contributed by atoms with E-state index in [2.05, 4.69) is 78.6 Å². The second kappa shape index (κ2) is 11.7. The molecule has 4 atom stereocenters. The van der Waals surface area contributed by atoms with Crippen molar-refractivity contribution in [1.82, 2.24) is 4.90 Å². The Morgan fingerprint density at radius 3 is 2.51 bits per heavy atom. The standard InChI is InChI=1S/C33H43NO/c1-25-9-7-11-26(19-25)10-3-4-14-31-32-22-28(21-30(32)23-33(31)35)16-15-27-12-8-13-29(20-27)24-34-17-5-2-6-18-34/h4,7-9,11-14,19-21,30-33,35H,2-3,5-6,10,15-18,22-24H2,1H3/t30-,31+,32-,33+/m0/s1. The van der Waals surface area contributed by atoms with E-state index < -0.39 is 0 Å². The van der Waals surface area contributed by atoms with Gasteiger partial charge in [-0.2, -0.15) is 0 Å². The number of hydrogen-bond acceptors (Lipinski definition) is 2. The first-order valence-corrected chi connectivity index (χ1v) is 14.0. The lowest BCUT2D eigenvalue weighted by atomic mass is 9.88. The highest BCUT2D eigenvalue weighted by Gasteiger charge is 2.43. The van der Waals surface area contributed by atoms with Crippen LogP contribution in [0.25, 0.3) is 0 Å². The van der Waals surface area contributed by atoms with E-state index in [9.17, 15) is 5.11 Å². The lowest BCUT2D eigenvalue weighted by molar-refractivity contribution is 0.141. The van der Waals surface area contributed by atoms with E-state index in [-0.39, 0.29) is 6.10 Å². The maximum atomic E-state index is 10.7. The highest BCUT2D eigenvalue weighted by Crippen LogP contribution is 2.48. The van der Waals surface area contributed by atoms with Crippen LogP contribution in [0.1, 0.15) is 67.2 Å². The summed E-state index contributed by atoms with van der Waals surface area (Å²) >= 11 is 0. The molecule has 1 heterocycles. The van der Waals surface area contributed by atoms with Crippen LogP contribution in [-0.4, -0.2) is 29.2 Å².